The summed E-state index contributed by atoms with van der Waals surface area (Å²) in [5.41, 5.74) is 7.94. The molecule has 8 nitrogen and oxygen atoms in total. The summed E-state index contributed by atoms with van der Waals surface area (Å²) < 4.78 is 0. The van der Waals surface area contributed by atoms with E-state index in [1.165, 1.54) is 6.20 Å². The van der Waals surface area contributed by atoms with Gasteiger partial charge >= 0.3 is 6.03 Å². The molecule has 92 valence electrons. The van der Waals surface area contributed by atoms with Gasteiger partial charge in [-0.15, -0.1) is 16.5 Å². The zero-order valence-corrected chi connectivity index (χ0v) is 9.81. The van der Waals surface area contributed by atoms with E-state index in [2.05, 4.69) is 15.3 Å². The van der Waals surface area contributed by atoms with Crippen molar-refractivity contribution < 1.29 is 4.79 Å². The first-order valence-corrected chi connectivity index (χ1v) is 5.13. The number of carbonyl (C=O) groups is 1. The van der Waals surface area contributed by atoms with Crippen LogP contribution in [0.15, 0.2) is 11.5 Å². The Kier molecular flexibility index (Phi) is 4.58. The average Bonchev–Trinajstić information content (AvgIpc) is 2.28. The van der Waals surface area contributed by atoms with E-state index in [0.717, 1.165) is 4.90 Å². The highest BCUT2D eigenvalue weighted by Crippen LogP contribution is 2.11. The van der Waals surface area contributed by atoms with Gasteiger partial charge in [0.15, 0.2) is 0 Å². The van der Waals surface area contributed by atoms with Crippen molar-refractivity contribution in [2.24, 2.45) is 5.29 Å². The van der Waals surface area contributed by atoms with Crippen LogP contribution in [0, 0.1) is 11.8 Å². The molecule has 1 heterocycles. The summed E-state index contributed by atoms with van der Waals surface area (Å²) in [7, 11) is 0. The molecule has 0 aliphatic carbocycles. The molecule has 1 aromatic heterocycles. The van der Waals surface area contributed by atoms with E-state index >= 15 is 0 Å². The van der Waals surface area contributed by atoms with Gasteiger partial charge in [-0.05, 0) is 6.92 Å². The van der Waals surface area contributed by atoms with E-state index in [1.54, 1.807) is 12.3 Å². The number of hydrogen-bond donors (Lipinski definition) is 2. The molecule has 0 radical (unpaired) electrons. The molecular formula is C8H11ClN6O2. The highest BCUT2D eigenvalue weighted by Gasteiger charge is 2.14. The molecular weight excluding hydrogens is 248 g/mol. The Balaban J connectivity index is 2.80. The summed E-state index contributed by atoms with van der Waals surface area (Å²) in [4.78, 5) is 30.2. The van der Waals surface area contributed by atoms with Crippen LogP contribution < -0.4 is 11.2 Å². The van der Waals surface area contributed by atoms with E-state index in [4.69, 9.17) is 17.3 Å². The van der Waals surface area contributed by atoms with Crippen LogP contribution in [0.4, 0.5) is 10.6 Å². The van der Waals surface area contributed by atoms with Crippen LogP contribution in [-0.2, 0) is 6.54 Å². The van der Waals surface area contributed by atoms with Gasteiger partial charge in [-0.1, -0.05) is 0 Å². The minimum Gasteiger partial charge on any atom is -0.383 e. The summed E-state index contributed by atoms with van der Waals surface area (Å²) in [5.74, 6) is 0.794. The first-order valence-electron chi connectivity index (χ1n) is 4.59. The third-order valence-electron chi connectivity index (χ3n) is 1.95. The minimum absolute atomic E-state index is 0.0942. The van der Waals surface area contributed by atoms with Crippen LogP contribution in [0.1, 0.15) is 11.4 Å². The Bertz CT molecular complexity index is 426. The van der Waals surface area contributed by atoms with Crippen molar-refractivity contribution in [3.63, 3.8) is 0 Å². The molecule has 0 aliphatic rings. The maximum absolute atomic E-state index is 11.3. The van der Waals surface area contributed by atoms with Gasteiger partial charge in [-0.2, -0.15) is 5.43 Å². The monoisotopic (exact) mass is 258 g/mol. The van der Waals surface area contributed by atoms with Crippen LogP contribution in [0.5, 0.6) is 0 Å². The lowest BCUT2D eigenvalue weighted by atomic mass is 10.3. The van der Waals surface area contributed by atoms with Gasteiger partial charge in [-0.3, -0.25) is 0 Å². The lowest BCUT2D eigenvalue weighted by Gasteiger charge is -2.18. The standard InChI is InChI=1S/C8H11ClN6O2/c1-5-11-2-6(7(10)12-5)3-15(4-9)8(16)13-14-17/h2H,3-4H2,1H3,(H2,10,11,12)(H,13,16,17). The molecule has 0 atom stereocenters. The van der Waals surface area contributed by atoms with E-state index in [-0.39, 0.29) is 18.4 Å². The molecule has 3 N–H and O–H groups in total. The molecule has 0 unspecified atom stereocenters. The van der Waals surface area contributed by atoms with E-state index < -0.39 is 6.03 Å². The minimum atomic E-state index is -0.713. The van der Waals surface area contributed by atoms with Crippen molar-refractivity contribution in [2.75, 3.05) is 11.7 Å². The van der Waals surface area contributed by atoms with Crippen molar-refractivity contribution in [2.45, 2.75) is 13.5 Å². The number of carbonyl (C=O) groups excluding carboxylic acids is 1. The molecule has 0 bridgehead atoms. The van der Waals surface area contributed by atoms with Crippen molar-refractivity contribution in [3.05, 3.63) is 22.5 Å². The topological polar surface area (TPSA) is 114 Å². The van der Waals surface area contributed by atoms with Gasteiger partial charge in [-0.25, -0.2) is 14.8 Å². The number of alkyl halides is 1. The maximum atomic E-state index is 11.3. The molecule has 0 saturated carbocycles. The summed E-state index contributed by atoms with van der Waals surface area (Å²) >= 11 is 5.57. The van der Waals surface area contributed by atoms with Crippen LogP contribution >= 0.6 is 11.6 Å². The normalized spacial score (nSPS) is 9.76. The molecule has 0 saturated heterocycles. The zero-order valence-electron chi connectivity index (χ0n) is 9.05. The second kappa shape index (κ2) is 5.94. The van der Waals surface area contributed by atoms with Crippen molar-refractivity contribution in [1.82, 2.24) is 20.3 Å². The highest BCUT2D eigenvalue weighted by atomic mass is 35.5. The number of anilines is 1. The van der Waals surface area contributed by atoms with E-state index in [1.807, 2.05) is 0 Å². The third-order valence-corrected chi connectivity index (χ3v) is 2.24. The molecule has 1 rings (SSSR count). The molecule has 1 aromatic rings. The third kappa shape index (κ3) is 3.52. The van der Waals surface area contributed by atoms with Crippen molar-refractivity contribution >= 4 is 23.4 Å². The number of nitrogens with two attached hydrogens (primary N) is 1. The predicted molar refractivity (Wildman–Crippen MR) is 61.8 cm³/mol. The molecule has 0 fully saturated rings. The maximum Gasteiger partial charge on any atom is 0.341 e. The Hall–Kier alpha value is -1.96. The first kappa shape index (κ1) is 13.1. The molecule has 2 amide bonds. The van der Waals surface area contributed by atoms with Crippen molar-refractivity contribution in [3.8, 4) is 0 Å². The fraction of sp³-hybridized carbons (Fsp3) is 0.375. The lowest BCUT2D eigenvalue weighted by molar-refractivity contribution is 0.204. The summed E-state index contributed by atoms with van der Waals surface area (Å²) in [6.45, 7) is 1.79. The number of halogens is 1. The quantitative estimate of drug-likeness (QED) is 0.358. The van der Waals surface area contributed by atoms with Gasteiger partial charge in [0.05, 0.1) is 17.8 Å². The molecule has 0 spiro atoms. The number of rotatable bonds is 4. The fourth-order valence-electron chi connectivity index (χ4n) is 1.12. The first-order chi connectivity index (χ1) is 8.08. The zero-order chi connectivity index (χ0) is 12.8. The van der Waals surface area contributed by atoms with Gasteiger partial charge in [0, 0.05) is 11.8 Å². The average molecular weight is 259 g/mol. The molecule has 0 aliphatic heterocycles. The largest absolute Gasteiger partial charge is 0.383 e. The number of amides is 2. The van der Waals surface area contributed by atoms with E-state index in [9.17, 15) is 9.70 Å². The second-order valence-electron chi connectivity index (χ2n) is 3.15. The number of hydrogen-bond acceptors (Lipinski definition) is 6. The van der Waals surface area contributed by atoms with Crippen LogP contribution in [-0.4, -0.2) is 26.9 Å². The predicted octanol–water partition coefficient (Wildman–Crippen LogP) is 0.757. The summed E-state index contributed by atoms with van der Waals surface area (Å²) in [6.07, 6.45) is 1.50. The molecule has 9 heteroatoms. The Morgan fingerprint density at radius 3 is 2.94 bits per heavy atom. The van der Waals surface area contributed by atoms with E-state index in [0.29, 0.717) is 11.4 Å². The van der Waals surface area contributed by atoms with Crippen LogP contribution in [0.25, 0.3) is 0 Å². The number of nitroso groups, excluding NO2 is 1. The Morgan fingerprint density at radius 1 is 1.71 bits per heavy atom. The number of urea groups is 1. The smallest absolute Gasteiger partial charge is 0.341 e. The van der Waals surface area contributed by atoms with Crippen LogP contribution in [0.3, 0.4) is 0 Å². The lowest BCUT2D eigenvalue weighted by Crippen LogP contribution is -2.36. The number of nitrogen functional groups attached to an aromatic ring is 1. The summed E-state index contributed by atoms with van der Waals surface area (Å²) in [5, 5.41) is 2.27. The summed E-state index contributed by atoms with van der Waals surface area (Å²) in [6, 6.07) is -0.829. The Morgan fingerprint density at radius 2 is 2.41 bits per heavy atom. The highest BCUT2D eigenvalue weighted by molar-refractivity contribution is 6.18. The number of aryl methyl sites for hydroxylation is 1. The van der Waals surface area contributed by atoms with Crippen LogP contribution in [0.2, 0.25) is 0 Å². The second-order valence-corrected chi connectivity index (χ2v) is 3.39. The molecule has 17 heavy (non-hydrogen) atoms. The fourth-order valence-corrected chi connectivity index (χ4v) is 1.31. The van der Waals surface area contributed by atoms with Gasteiger partial charge in [0.2, 0.25) is 0 Å². The van der Waals surface area contributed by atoms with Gasteiger partial charge in [0.1, 0.15) is 11.6 Å². The number of nitrogens with one attached hydrogen (secondary N) is 1. The number of nitrogens with zero attached hydrogens (tertiary/aromatic N) is 4. The SMILES string of the molecule is Cc1ncc(CN(CCl)C(=O)NN=O)c(N)n1. The Labute approximate surface area is 102 Å². The van der Waals surface area contributed by atoms with Gasteiger partial charge in [0.25, 0.3) is 0 Å². The number of aromatic nitrogens is 2. The van der Waals surface area contributed by atoms with Crippen molar-refractivity contribution in [1.29, 1.82) is 0 Å². The molecule has 0 aromatic carbocycles. The van der Waals surface area contributed by atoms with Gasteiger partial charge < -0.3 is 10.6 Å².